The summed E-state index contributed by atoms with van der Waals surface area (Å²) in [4.78, 5) is 11.9. The van der Waals surface area contributed by atoms with Crippen LogP contribution in [0.4, 0.5) is 4.79 Å². The fraction of sp³-hybridized carbons (Fsp3) is 0.281. The highest BCUT2D eigenvalue weighted by Crippen LogP contribution is 2.39. The molecule has 2 heterocycles. The van der Waals surface area contributed by atoms with Crippen LogP contribution in [-0.4, -0.2) is 44.4 Å². The van der Waals surface area contributed by atoms with Crippen molar-refractivity contribution in [2.75, 3.05) is 12.4 Å². The van der Waals surface area contributed by atoms with Crippen LogP contribution in [0, 0.1) is 0 Å². The number of rotatable bonds is 11. The van der Waals surface area contributed by atoms with Gasteiger partial charge in [0.25, 0.3) is 0 Å². The lowest BCUT2D eigenvalue weighted by atomic mass is 9.98. The predicted molar refractivity (Wildman–Crippen MR) is 160 cm³/mol. The van der Waals surface area contributed by atoms with Crippen molar-refractivity contribution in [1.29, 1.82) is 0 Å². The van der Waals surface area contributed by atoms with Crippen LogP contribution in [-0.2, 0) is 34.4 Å². The number of ether oxygens (including phenoxy) is 3. The summed E-state index contributed by atoms with van der Waals surface area (Å²) in [6.07, 6.45) is 2.60. The molecule has 10 heteroatoms. The quantitative estimate of drug-likeness (QED) is 0.170. The van der Waals surface area contributed by atoms with Gasteiger partial charge in [-0.25, -0.2) is 4.79 Å². The van der Waals surface area contributed by atoms with Gasteiger partial charge in [-0.15, -0.1) is 10.2 Å². The Balaban J connectivity index is 1.33. The molecule has 0 bridgehead atoms. The van der Waals surface area contributed by atoms with E-state index in [4.69, 9.17) is 14.2 Å². The lowest BCUT2D eigenvalue weighted by molar-refractivity contribution is -0.245. The molecule has 4 aromatic rings. The minimum atomic E-state index is -0.558. The molecule has 2 N–H and O–H groups in total. The number of amides is 1. The summed E-state index contributed by atoms with van der Waals surface area (Å²) in [6, 6.07) is 23.9. The van der Waals surface area contributed by atoms with Crippen molar-refractivity contribution in [3.63, 3.8) is 0 Å². The van der Waals surface area contributed by atoms with E-state index in [1.165, 1.54) is 6.08 Å². The number of benzene rings is 3. The van der Waals surface area contributed by atoms with Crippen LogP contribution >= 0.6 is 11.8 Å². The number of aryl methyl sites for hydroxylation is 1. The summed E-state index contributed by atoms with van der Waals surface area (Å²) in [5.41, 5.74) is 5.80. The third-order valence-corrected chi connectivity index (χ3v) is 8.12. The molecule has 1 aliphatic rings. The number of aliphatic hydroxyl groups is 1. The molecule has 218 valence electrons. The zero-order valence-electron chi connectivity index (χ0n) is 23.4. The van der Waals surface area contributed by atoms with Gasteiger partial charge in [0.2, 0.25) is 0 Å². The van der Waals surface area contributed by atoms with Gasteiger partial charge in [-0.2, -0.15) is 0 Å². The number of aromatic nitrogens is 3. The molecule has 3 aromatic carbocycles. The normalized spacial score (nSPS) is 18.4. The maximum Gasteiger partial charge on any atom is 0.407 e. The van der Waals surface area contributed by atoms with Crippen LogP contribution in [0.5, 0.6) is 0 Å². The lowest BCUT2D eigenvalue weighted by Gasteiger charge is -2.36. The summed E-state index contributed by atoms with van der Waals surface area (Å²) < 4.78 is 19.9. The summed E-state index contributed by atoms with van der Waals surface area (Å²) in [5.74, 6) is 0.700. The number of alkyl carbamates (subject to hydrolysis) is 1. The van der Waals surface area contributed by atoms with Crippen LogP contribution in [0.2, 0.25) is 0 Å². The highest BCUT2D eigenvalue weighted by molar-refractivity contribution is 7.99. The Morgan fingerprint density at radius 3 is 2.60 bits per heavy atom. The van der Waals surface area contributed by atoms with E-state index in [0.29, 0.717) is 18.7 Å². The smallest absolute Gasteiger partial charge is 0.407 e. The molecule has 9 nitrogen and oxygen atoms in total. The Morgan fingerprint density at radius 1 is 1.12 bits per heavy atom. The molecule has 0 spiro atoms. The third-order valence-electron chi connectivity index (χ3n) is 6.95. The van der Waals surface area contributed by atoms with E-state index in [9.17, 15) is 9.90 Å². The van der Waals surface area contributed by atoms with Crippen LogP contribution in [0.1, 0.15) is 41.1 Å². The minimum Gasteiger partial charge on any atom is -0.445 e. The number of thioether (sulfide) groups is 1. The second-order valence-corrected chi connectivity index (χ2v) is 10.9. The van der Waals surface area contributed by atoms with Gasteiger partial charge in [0, 0.05) is 31.3 Å². The Hall–Kier alpha value is -3.96. The fourth-order valence-electron chi connectivity index (χ4n) is 4.72. The fourth-order valence-corrected chi connectivity index (χ4v) is 5.63. The summed E-state index contributed by atoms with van der Waals surface area (Å²) in [7, 11) is 1.92. The molecular formula is C32H34N4O5S. The highest BCUT2D eigenvalue weighted by Gasteiger charge is 2.32. The summed E-state index contributed by atoms with van der Waals surface area (Å²) in [5, 5.41) is 21.2. The second kappa shape index (κ2) is 14.3. The molecule has 42 heavy (non-hydrogen) atoms. The number of hydrogen-bond donors (Lipinski definition) is 2. The van der Waals surface area contributed by atoms with Crippen LogP contribution in [0.15, 0.2) is 96.9 Å². The maximum atomic E-state index is 11.9. The summed E-state index contributed by atoms with van der Waals surface area (Å²) in [6.45, 7) is 4.06. The van der Waals surface area contributed by atoms with Crippen LogP contribution in [0.25, 0.3) is 11.1 Å². The van der Waals surface area contributed by atoms with Gasteiger partial charge in [0.15, 0.2) is 11.4 Å². The van der Waals surface area contributed by atoms with Crippen LogP contribution in [0.3, 0.4) is 0 Å². The van der Waals surface area contributed by atoms with Gasteiger partial charge < -0.3 is 29.2 Å². The van der Waals surface area contributed by atoms with Gasteiger partial charge in [-0.3, -0.25) is 0 Å². The van der Waals surface area contributed by atoms with Gasteiger partial charge in [-0.05, 0) is 27.8 Å². The van der Waals surface area contributed by atoms with Gasteiger partial charge >= 0.3 is 6.09 Å². The first-order chi connectivity index (χ1) is 20.5. The SMILES string of the molecule is C=CCOC(=O)NCc1ccccc1-c1ccc(C2OC(CSc3nncn3C)CC(c3ccc(CO)cc3)O2)cc1. The maximum absolute atomic E-state index is 11.9. The summed E-state index contributed by atoms with van der Waals surface area (Å²) >= 11 is 1.60. The molecule has 0 aliphatic carbocycles. The molecule has 1 amide bonds. The molecule has 0 saturated carbocycles. The Kier molecular flexibility index (Phi) is 10.0. The molecule has 3 atom stereocenters. The highest BCUT2D eigenvalue weighted by atomic mass is 32.2. The molecule has 1 fully saturated rings. The molecule has 5 rings (SSSR count). The van der Waals surface area contributed by atoms with Gasteiger partial charge in [-0.1, -0.05) is 97.2 Å². The topological polar surface area (TPSA) is 108 Å². The molecule has 1 saturated heterocycles. The van der Waals surface area contributed by atoms with E-state index in [1.807, 2.05) is 84.4 Å². The van der Waals surface area contributed by atoms with E-state index in [0.717, 1.165) is 38.5 Å². The standard InChI is InChI=1S/C32H34N4O5S/c1-3-16-39-32(38)33-18-26-6-4-5-7-28(26)23-12-14-25(15-13-23)30-40-27(20-42-31-35-34-21-36(31)2)17-29(41-30)24-10-8-22(19-37)9-11-24/h3-15,21,27,29-30,37H,1,16-20H2,2H3,(H,33,38). The van der Waals surface area contributed by atoms with E-state index in [-0.39, 0.29) is 25.4 Å². The van der Waals surface area contributed by atoms with Crippen molar-refractivity contribution in [2.45, 2.75) is 43.2 Å². The number of carbonyl (C=O) groups excluding carboxylic acids is 1. The van der Waals surface area contributed by atoms with Crippen molar-refractivity contribution < 1.29 is 24.1 Å². The third kappa shape index (κ3) is 7.46. The van der Waals surface area contributed by atoms with E-state index < -0.39 is 12.4 Å². The monoisotopic (exact) mass is 586 g/mol. The molecule has 3 unspecified atom stereocenters. The van der Waals surface area contributed by atoms with Crippen molar-refractivity contribution >= 4 is 17.9 Å². The zero-order chi connectivity index (χ0) is 29.3. The van der Waals surface area contributed by atoms with Gasteiger partial charge in [0.05, 0.1) is 18.8 Å². The average Bonchev–Trinajstić information content (AvgIpc) is 3.46. The number of nitrogens with zero attached hydrogens (tertiary/aromatic N) is 3. The van der Waals surface area contributed by atoms with E-state index in [2.05, 4.69) is 22.1 Å². The largest absolute Gasteiger partial charge is 0.445 e. The average molecular weight is 587 g/mol. The zero-order valence-corrected chi connectivity index (χ0v) is 24.2. The number of aliphatic hydroxyl groups excluding tert-OH is 1. The first-order valence-electron chi connectivity index (χ1n) is 13.7. The molecule has 1 aromatic heterocycles. The number of hydrogen-bond acceptors (Lipinski definition) is 8. The van der Waals surface area contributed by atoms with Crippen molar-refractivity contribution in [2.24, 2.45) is 7.05 Å². The minimum absolute atomic E-state index is 0.000554. The molecule has 1 aliphatic heterocycles. The first kappa shape index (κ1) is 29.5. The van der Waals surface area contributed by atoms with E-state index >= 15 is 0 Å². The van der Waals surface area contributed by atoms with Gasteiger partial charge in [0.1, 0.15) is 12.9 Å². The van der Waals surface area contributed by atoms with Crippen molar-refractivity contribution in [1.82, 2.24) is 20.1 Å². The Morgan fingerprint density at radius 2 is 1.88 bits per heavy atom. The number of carbonyl (C=O) groups is 1. The van der Waals surface area contributed by atoms with Crippen molar-refractivity contribution in [3.8, 4) is 11.1 Å². The van der Waals surface area contributed by atoms with Crippen LogP contribution < -0.4 is 5.32 Å². The lowest BCUT2D eigenvalue weighted by Crippen LogP contribution is -2.31. The van der Waals surface area contributed by atoms with Crippen molar-refractivity contribution in [3.05, 3.63) is 114 Å². The van der Waals surface area contributed by atoms with E-state index in [1.54, 1.807) is 18.1 Å². The first-order valence-corrected chi connectivity index (χ1v) is 14.7. The Labute approximate surface area is 249 Å². The second-order valence-electron chi connectivity index (χ2n) is 9.91. The molecular weight excluding hydrogens is 552 g/mol. The molecule has 0 radical (unpaired) electrons. The number of nitrogens with one attached hydrogen (secondary N) is 1. The Bertz CT molecular complexity index is 1480. The predicted octanol–water partition coefficient (Wildman–Crippen LogP) is 5.72.